The molecule has 0 saturated carbocycles. The fourth-order valence-electron chi connectivity index (χ4n) is 10.2. The lowest BCUT2D eigenvalue weighted by Gasteiger charge is -2.46. The third-order valence-corrected chi connectivity index (χ3v) is 12.4. The summed E-state index contributed by atoms with van der Waals surface area (Å²) in [4.78, 5) is 2.63. The summed E-state index contributed by atoms with van der Waals surface area (Å²) < 4.78 is 13.5. The van der Waals surface area contributed by atoms with Gasteiger partial charge in [-0.3, -0.25) is 0 Å². The van der Waals surface area contributed by atoms with Crippen molar-refractivity contribution in [2.24, 2.45) is 0 Å². The molecule has 3 nitrogen and oxygen atoms in total. The van der Waals surface area contributed by atoms with Gasteiger partial charge in [0.05, 0.1) is 0 Å². The first-order chi connectivity index (χ1) is 26.8. The second-order valence-corrected chi connectivity index (χ2v) is 15.1. The Labute approximate surface area is 311 Å². The van der Waals surface area contributed by atoms with Crippen molar-refractivity contribution in [3.8, 4) is 33.4 Å². The lowest BCUT2D eigenvalue weighted by molar-refractivity contribution is 0.531. The van der Waals surface area contributed by atoms with Gasteiger partial charge in [-0.2, -0.15) is 0 Å². The zero-order chi connectivity index (χ0) is 35.1. The monoisotopic (exact) mass is 687 g/mol. The normalized spacial score (nSPS) is 15.1. The quantitative estimate of drug-likeness (QED) is 0.169. The molecule has 0 bridgehead atoms. The standard InChI is InChI=1S/C50H30BNO2/c1-2-11-29(12-3-1)30-21-23-33(24-22-30)52-41-26-32-14-5-4-13-31(32)25-39(41)49-48-35-16-7-9-20-43(35)54-45(48)28-38-37-27-44-47(34-15-6-8-19-42(34)53-44)36-17-10-18-40(46(36)37)51(52)50(38)49/h1-26,28,37H,27H2. The molecule has 2 aliphatic heterocycles. The SMILES string of the molecule is c1ccc(-c2ccc(N3B4c5cccc6c5C(Cc5oc7ccccc7c5-6)c5cc6oc7ccccc7c6c(c54)-c4cc5ccccc5cc43)cc2)cc1. The van der Waals surface area contributed by atoms with Gasteiger partial charge in [-0.25, -0.2) is 0 Å². The van der Waals surface area contributed by atoms with Crippen LogP contribution in [0.15, 0.2) is 173 Å². The molecule has 0 fully saturated rings. The lowest BCUT2D eigenvalue weighted by Crippen LogP contribution is -2.62. The Morgan fingerprint density at radius 1 is 0.537 bits per heavy atom. The molecule has 1 atom stereocenters. The van der Waals surface area contributed by atoms with Crippen molar-refractivity contribution in [3.05, 3.63) is 181 Å². The number of benzene rings is 8. The van der Waals surface area contributed by atoms with Gasteiger partial charge in [0.1, 0.15) is 22.5 Å². The van der Waals surface area contributed by atoms with E-state index >= 15 is 0 Å². The molecule has 54 heavy (non-hydrogen) atoms. The van der Waals surface area contributed by atoms with Gasteiger partial charge in [0, 0.05) is 51.0 Å². The second-order valence-electron chi connectivity index (χ2n) is 15.1. The molecular weight excluding hydrogens is 657 g/mol. The largest absolute Gasteiger partial charge is 0.460 e. The Morgan fingerprint density at radius 3 is 2.07 bits per heavy atom. The molecular formula is C50H30BNO2. The summed E-state index contributed by atoms with van der Waals surface area (Å²) in [6.45, 7) is -0.0600. The van der Waals surface area contributed by atoms with E-state index in [4.69, 9.17) is 8.83 Å². The van der Waals surface area contributed by atoms with E-state index in [1.165, 1.54) is 88.4 Å². The Bertz CT molecular complexity index is 3210. The Hall–Kier alpha value is -6.78. The van der Waals surface area contributed by atoms with Gasteiger partial charge in [-0.1, -0.05) is 121 Å². The minimum absolute atomic E-state index is 0.0600. The van der Waals surface area contributed by atoms with E-state index in [9.17, 15) is 0 Å². The average Bonchev–Trinajstić information content (AvgIpc) is 3.80. The zero-order valence-electron chi connectivity index (χ0n) is 29.2. The van der Waals surface area contributed by atoms with Crippen LogP contribution in [0, 0.1) is 0 Å². The second kappa shape index (κ2) is 10.4. The van der Waals surface area contributed by atoms with Crippen molar-refractivity contribution in [2.75, 3.05) is 4.81 Å². The van der Waals surface area contributed by atoms with E-state index in [1.54, 1.807) is 0 Å². The maximum Gasteiger partial charge on any atom is 0.329 e. The van der Waals surface area contributed by atoms with Crippen molar-refractivity contribution in [3.63, 3.8) is 0 Å². The Kier molecular flexibility index (Phi) is 5.55. The van der Waals surface area contributed by atoms with Crippen molar-refractivity contribution < 1.29 is 8.83 Å². The van der Waals surface area contributed by atoms with Crippen molar-refractivity contribution in [1.82, 2.24) is 0 Å². The third kappa shape index (κ3) is 3.72. The smallest absolute Gasteiger partial charge is 0.329 e. The van der Waals surface area contributed by atoms with Crippen LogP contribution in [0.2, 0.25) is 0 Å². The first-order valence-electron chi connectivity index (χ1n) is 18.9. The van der Waals surface area contributed by atoms with Crippen LogP contribution >= 0.6 is 0 Å². The van der Waals surface area contributed by atoms with E-state index in [1.807, 2.05) is 0 Å². The molecule has 4 heterocycles. The maximum atomic E-state index is 6.80. The summed E-state index contributed by atoms with van der Waals surface area (Å²) >= 11 is 0. The van der Waals surface area contributed by atoms with Crippen LogP contribution in [0.25, 0.3) is 77.1 Å². The third-order valence-electron chi connectivity index (χ3n) is 12.4. The van der Waals surface area contributed by atoms with Gasteiger partial charge in [-0.15, -0.1) is 0 Å². The number of furan rings is 2. The predicted octanol–water partition coefficient (Wildman–Crippen LogP) is 11.7. The molecule has 10 aromatic rings. The molecule has 8 aromatic carbocycles. The molecule has 0 saturated heterocycles. The molecule has 250 valence electrons. The minimum atomic E-state index is -0.0600. The molecule has 1 aliphatic carbocycles. The van der Waals surface area contributed by atoms with Gasteiger partial charge in [0.25, 0.3) is 0 Å². The van der Waals surface area contributed by atoms with E-state index in [2.05, 4.69) is 169 Å². The first-order valence-corrected chi connectivity index (χ1v) is 18.9. The predicted molar refractivity (Wildman–Crippen MR) is 223 cm³/mol. The number of para-hydroxylation sites is 2. The van der Waals surface area contributed by atoms with Crippen molar-refractivity contribution >= 4 is 72.8 Å². The zero-order valence-corrected chi connectivity index (χ0v) is 29.2. The molecule has 0 spiro atoms. The van der Waals surface area contributed by atoms with Gasteiger partial charge in [-0.05, 0) is 97.5 Å². The number of nitrogens with zero attached hydrogens (tertiary/aromatic N) is 1. The minimum Gasteiger partial charge on any atom is -0.460 e. The molecule has 0 amide bonds. The van der Waals surface area contributed by atoms with E-state index < -0.39 is 0 Å². The first kappa shape index (κ1) is 28.8. The highest BCUT2D eigenvalue weighted by atomic mass is 16.3. The lowest BCUT2D eigenvalue weighted by atomic mass is 9.39. The number of hydrogen-bond acceptors (Lipinski definition) is 3. The van der Waals surface area contributed by atoms with Crippen LogP contribution in [0.3, 0.4) is 0 Å². The molecule has 2 aromatic heterocycles. The van der Waals surface area contributed by atoms with Crippen molar-refractivity contribution in [1.29, 1.82) is 0 Å². The summed E-state index contributed by atoms with van der Waals surface area (Å²) in [5.41, 5.74) is 18.2. The fourth-order valence-corrected chi connectivity index (χ4v) is 10.2. The van der Waals surface area contributed by atoms with Gasteiger partial charge >= 0.3 is 6.85 Å². The highest BCUT2D eigenvalue weighted by Gasteiger charge is 2.48. The average molecular weight is 688 g/mol. The van der Waals surface area contributed by atoms with Crippen LogP contribution in [0.1, 0.15) is 22.8 Å². The van der Waals surface area contributed by atoms with Gasteiger partial charge in [0.2, 0.25) is 0 Å². The number of fused-ring (bicyclic) bond motifs is 13. The number of anilines is 2. The summed E-state index contributed by atoms with van der Waals surface area (Å²) in [6, 6.07) is 59.9. The molecule has 4 heteroatoms. The molecule has 3 aliphatic rings. The van der Waals surface area contributed by atoms with Crippen LogP contribution in [0.5, 0.6) is 0 Å². The van der Waals surface area contributed by atoms with Crippen molar-refractivity contribution in [2.45, 2.75) is 12.3 Å². The highest BCUT2D eigenvalue weighted by molar-refractivity contribution is 6.92. The maximum absolute atomic E-state index is 6.80. The van der Waals surface area contributed by atoms with Crippen LogP contribution in [-0.4, -0.2) is 6.85 Å². The molecule has 0 radical (unpaired) electrons. The van der Waals surface area contributed by atoms with E-state index in [-0.39, 0.29) is 12.8 Å². The Morgan fingerprint density at radius 2 is 1.24 bits per heavy atom. The molecule has 13 rings (SSSR count). The van der Waals surface area contributed by atoms with E-state index in [0.29, 0.717) is 0 Å². The summed E-state index contributed by atoms with van der Waals surface area (Å²) in [5, 5.41) is 6.01. The topological polar surface area (TPSA) is 29.5 Å². The molecule has 1 unspecified atom stereocenters. The molecule has 0 N–H and O–H groups in total. The summed E-state index contributed by atoms with van der Waals surface area (Å²) in [7, 11) is 0. The van der Waals surface area contributed by atoms with Crippen LogP contribution < -0.4 is 15.7 Å². The van der Waals surface area contributed by atoms with Crippen LogP contribution in [0.4, 0.5) is 11.4 Å². The fraction of sp³-hybridized carbons (Fsp3) is 0.0400. The van der Waals surface area contributed by atoms with Gasteiger partial charge < -0.3 is 13.6 Å². The number of hydrogen-bond donors (Lipinski definition) is 0. The van der Waals surface area contributed by atoms with E-state index in [0.717, 1.165) is 34.3 Å². The van der Waals surface area contributed by atoms with Crippen LogP contribution in [-0.2, 0) is 6.42 Å². The summed E-state index contributed by atoms with van der Waals surface area (Å²) in [5.74, 6) is 1.19. The highest BCUT2D eigenvalue weighted by Crippen LogP contribution is 2.53. The number of rotatable bonds is 2. The van der Waals surface area contributed by atoms with Gasteiger partial charge in [0.15, 0.2) is 0 Å². The Balaban J connectivity index is 1.17. The summed E-state index contributed by atoms with van der Waals surface area (Å²) in [6.07, 6.45) is 0.801.